The molecule has 0 amide bonds. The minimum atomic E-state index is 0.211. The lowest BCUT2D eigenvalue weighted by atomic mass is 9.82. The zero-order valence-corrected chi connectivity index (χ0v) is 11.1. The summed E-state index contributed by atoms with van der Waals surface area (Å²) in [6.45, 7) is 0. The Kier molecular flexibility index (Phi) is 2.62. The van der Waals surface area contributed by atoms with E-state index < -0.39 is 0 Å². The van der Waals surface area contributed by atoms with Gasteiger partial charge in [0.1, 0.15) is 5.52 Å². The van der Waals surface area contributed by atoms with Gasteiger partial charge in [-0.15, -0.1) is 0 Å². The summed E-state index contributed by atoms with van der Waals surface area (Å²) >= 11 is 0. The van der Waals surface area contributed by atoms with Crippen molar-refractivity contribution in [2.24, 2.45) is 23.5 Å². The first-order valence-electron chi connectivity index (χ1n) is 7.39. The summed E-state index contributed by atoms with van der Waals surface area (Å²) in [5.74, 6) is 3.30. The van der Waals surface area contributed by atoms with E-state index in [1.165, 1.54) is 25.7 Å². The number of oxazole rings is 1. The molecular formula is C16H20N2O. The third-order valence-electron chi connectivity index (χ3n) is 5.09. The van der Waals surface area contributed by atoms with Crippen LogP contribution in [0, 0.1) is 17.8 Å². The summed E-state index contributed by atoms with van der Waals surface area (Å²) in [5.41, 5.74) is 8.23. The lowest BCUT2D eigenvalue weighted by Crippen LogP contribution is -2.35. The average molecular weight is 256 g/mol. The second-order valence-electron chi connectivity index (χ2n) is 6.28. The van der Waals surface area contributed by atoms with Gasteiger partial charge in [0.25, 0.3) is 0 Å². The molecule has 0 saturated heterocycles. The van der Waals surface area contributed by atoms with Crippen molar-refractivity contribution in [3.63, 3.8) is 0 Å². The van der Waals surface area contributed by atoms with Gasteiger partial charge in [-0.3, -0.25) is 0 Å². The molecule has 2 aromatic rings. The van der Waals surface area contributed by atoms with Crippen LogP contribution in [0.5, 0.6) is 0 Å². The molecule has 4 atom stereocenters. The molecule has 2 aliphatic carbocycles. The second-order valence-corrected chi connectivity index (χ2v) is 6.28. The van der Waals surface area contributed by atoms with Crippen LogP contribution in [0.4, 0.5) is 0 Å². The fourth-order valence-electron chi connectivity index (χ4n) is 4.18. The van der Waals surface area contributed by atoms with Crippen LogP contribution >= 0.6 is 0 Å². The van der Waals surface area contributed by atoms with E-state index in [-0.39, 0.29) is 6.04 Å². The van der Waals surface area contributed by atoms with Crippen LogP contribution < -0.4 is 5.73 Å². The van der Waals surface area contributed by atoms with Crippen LogP contribution in [-0.2, 0) is 6.42 Å². The Morgan fingerprint density at radius 3 is 2.89 bits per heavy atom. The molecule has 3 nitrogen and oxygen atoms in total. The quantitative estimate of drug-likeness (QED) is 0.918. The Morgan fingerprint density at radius 1 is 1.26 bits per heavy atom. The minimum Gasteiger partial charge on any atom is -0.441 e. The van der Waals surface area contributed by atoms with Crippen LogP contribution in [0.2, 0.25) is 0 Å². The van der Waals surface area contributed by atoms with Crippen LogP contribution in [0.25, 0.3) is 11.1 Å². The van der Waals surface area contributed by atoms with Gasteiger partial charge in [-0.2, -0.15) is 0 Å². The first kappa shape index (κ1) is 11.5. The van der Waals surface area contributed by atoms with Crippen molar-refractivity contribution in [2.45, 2.75) is 38.1 Å². The molecule has 0 radical (unpaired) electrons. The maximum atomic E-state index is 6.42. The summed E-state index contributed by atoms with van der Waals surface area (Å²) in [6, 6.07) is 8.14. The van der Waals surface area contributed by atoms with Crippen molar-refractivity contribution in [3.05, 3.63) is 30.2 Å². The van der Waals surface area contributed by atoms with Crippen LogP contribution in [-0.4, -0.2) is 11.0 Å². The molecule has 2 fully saturated rings. The highest BCUT2D eigenvalue weighted by Crippen LogP contribution is 2.49. The molecule has 1 aromatic heterocycles. The first-order chi connectivity index (χ1) is 9.29. The highest BCUT2D eigenvalue weighted by molar-refractivity contribution is 5.72. The van der Waals surface area contributed by atoms with Crippen molar-refractivity contribution in [1.82, 2.24) is 4.98 Å². The number of nitrogens with two attached hydrogens (primary N) is 1. The SMILES string of the molecule is NC(Cc1nc2ccccc2o1)C1CC2CCC1C2. The predicted molar refractivity (Wildman–Crippen MR) is 74.6 cm³/mol. The number of benzene rings is 1. The maximum absolute atomic E-state index is 6.42. The summed E-state index contributed by atoms with van der Waals surface area (Å²) in [5, 5.41) is 0. The Balaban J connectivity index is 1.51. The number of fused-ring (bicyclic) bond motifs is 3. The monoisotopic (exact) mass is 256 g/mol. The summed E-state index contributed by atoms with van der Waals surface area (Å²) in [4.78, 5) is 4.54. The van der Waals surface area contributed by atoms with E-state index in [9.17, 15) is 0 Å². The van der Waals surface area contributed by atoms with Crippen molar-refractivity contribution < 1.29 is 4.42 Å². The molecule has 4 unspecified atom stereocenters. The molecule has 0 spiro atoms. The van der Waals surface area contributed by atoms with Crippen molar-refractivity contribution in [3.8, 4) is 0 Å². The van der Waals surface area contributed by atoms with E-state index in [0.29, 0.717) is 5.92 Å². The Bertz CT molecular complexity index is 558. The zero-order valence-electron chi connectivity index (χ0n) is 11.1. The van der Waals surface area contributed by atoms with Gasteiger partial charge in [0, 0.05) is 12.5 Å². The Labute approximate surface area is 113 Å². The van der Waals surface area contributed by atoms with E-state index in [0.717, 1.165) is 35.2 Å². The highest BCUT2D eigenvalue weighted by Gasteiger charge is 2.42. The number of aromatic nitrogens is 1. The Morgan fingerprint density at radius 2 is 2.16 bits per heavy atom. The molecule has 100 valence electrons. The maximum Gasteiger partial charge on any atom is 0.197 e. The van der Waals surface area contributed by atoms with Crippen molar-refractivity contribution >= 4 is 11.1 Å². The van der Waals surface area contributed by atoms with Gasteiger partial charge in [-0.25, -0.2) is 4.98 Å². The van der Waals surface area contributed by atoms with Gasteiger partial charge in [-0.1, -0.05) is 18.6 Å². The Hall–Kier alpha value is -1.35. The fourth-order valence-corrected chi connectivity index (χ4v) is 4.18. The molecule has 19 heavy (non-hydrogen) atoms. The number of para-hydroxylation sites is 2. The van der Waals surface area contributed by atoms with E-state index in [2.05, 4.69) is 4.98 Å². The van der Waals surface area contributed by atoms with Crippen LogP contribution in [0.3, 0.4) is 0 Å². The first-order valence-corrected chi connectivity index (χ1v) is 7.39. The van der Waals surface area contributed by atoms with Crippen LogP contribution in [0.15, 0.2) is 28.7 Å². The van der Waals surface area contributed by atoms with Crippen molar-refractivity contribution in [1.29, 1.82) is 0 Å². The average Bonchev–Trinajstić information content (AvgIpc) is 3.12. The van der Waals surface area contributed by atoms with Crippen LogP contribution in [0.1, 0.15) is 31.6 Å². The zero-order chi connectivity index (χ0) is 12.8. The molecule has 1 heterocycles. The van der Waals surface area contributed by atoms with E-state index in [4.69, 9.17) is 10.2 Å². The van der Waals surface area contributed by atoms with Gasteiger partial charge in [0.2, 0.25) is 0 Å². The molecule has 2 aliphatic rings. The standard InChI is InChI=1S/C16H20N2O/c17-13(12-8-10-5-6-11(12)7-10)9-16-18-14-3-1-2-4-15(14)19-16/h1-4,10-13H,5-9,17H2. The number of rotatable bonds is 3. The number of hydrogen-bond acceptors (Lipinski definition) is 3. The van der Waals surface area contributed by atoms with E-state index >= 15 is 0 Å². The van der Waals surface area contributed by atoms with Gasteiger partial charge in [0.15, 0.2) is 11.5 Å². The lowest BCUT2D eigenvalue weighted by molar-refractivity contribution is 0.272. The molecule has 0 aliphatic heterocycles. The second kappa shape index (κ2) is 4.34. The van der Waals surface area contributed by atoms with Crippen molar-refractivity contribution in [2.75, 3.05) is 0 Å². The molecular weight excluding hydrogens is 236 g/mol. The highest BCUT2D eigenvalue weighted by atomic mass is 16.3. The smallest absolute Gasteiger partial charge is 0.197 e. The molecule has 2 N–H and O–H groups in total. The fraction of sp³-hybridized carbons (Fsp3) is 0.562. The largest absolute Gasteiger partial charge is 0.441 e. The van der Waals surface area contributed by atoms with Gasteiger partial charge in [-0.05, 0) is 49.1 Å². The molecule has 2 bridgehead atoms. The third-order valence-corrected chi connectivity index (χ3v) is 5.09. The summed E-state index contributed by atoms with van der Waals surface area (Å²) in [7, 11) is 0. The minimum absolute atomic E-state index is 0.211. The molecule has 1 aromatic carbocycles. The van der Waals surface area contributed by atoms with E-state index in [1.54, 1.807) is 0 Å². The van der Waals surface area contributed by atoms with Gasteiger partial charge < -0.3 is 10.2 Å². The molecule has 4 rings (SSSR count). The molecule has 2 saturated carbocycles. The normalized spacial score (nSPS) is 31.1. The topological polar surface area (TPSA) is 52.0 Å². The number of nitrogens with zero attached hydrogens (tertiary/aromatic N) is 1. The van der Waals surface area contributed by atoms with E-state index in [1.807, 2.05) is 24.3 Å². The van der Waals surface area contributed by atoms with Gasteiger partial charge in [0.05, 0.1) is 0 Å². The van der Waals surface area contributed by atoms with Gasteiger partial charge >= 0.3 is 0 Å². The summed E-state index contributed by atoms with van der Waals surface area (Å²) < 4.78 is 5.79. The predicted octanol–water partition coefficient (Wildman–Crippen LogP) is 3.13. The lowest BCUT2D eigenvalue weighted by Gasteiger charge is -2.26. The molecule has 3 heteroatoms. The number of hydrogen-bond donors (Lipinski definition) is 1. The third kappa shape index (κ3) is 1.96. The summed E-state index contributed by atoms with van der Waals surface area (Å²) in [6.07, 6.45) is 6.33.